The van der Waals surface area contributed by atoms with E-state index in [4.69, 9.17) is 19.4 Å². The van der Waals surface area contributed by atoms with Crippen molar-refractivity contribution < 1.29 is 29.6 Å². The molecule has 122 valence electrons. The van der Waals surface area contributed by atoms with Gasteiger partial charge in [-0.15, -0.1) is 10.2 Å². The van der Waals surface area contributed by atoms with E-state index in [0.29, 0.717) is 5.69 Å². The Bertz CT molecular complexity index is 532. The summed E-state index contributed by atoms with van der Waals surface area (Å²) in [4.78, 5) is 4.02. The van der Waals surface area contributed by atoms with E-state index in [9.17, 15) is 10.2 Å². The molecule has 0 bridgehead atoms. The van der Waals surface area contributed by atoms with Crippen molar-refractivity contribution in [2.45, 2.75) is 32.5 Å². The molecule has 0 radical (unpaired) electrons. The first-order valence-electron chi connectivity index (χ1n) is 6.54. The number of rotatable bonds is 5. The molecule has 2 aromatic rings. The van der Waals surface area contributed by atoms with Crippen LogP contribution in [0.25, 0.3) is 11.6 Å². The molecule has 0 saturated carbocycles. The first kappa shape index (κ1) is 18.1. The van der Waals surface area contributed by atoms with Crippen molar-refractivity contribution in [2.24, 2.45) is 0 Å². The van der Waals surface area contributed by atoms with Crippen LogP contribution in [0.2, 0.25) is 0 Å². The number of hydrogen-bond donors (Lipinski definition) is 4. The maximum Gasteiger partial charge on any atom is 0.266 e. The van der Waals surface area contributed by atoms with Crippen molar-refractivity contribution in [3.8, 4) is 11.6 Å². The molecule has 2 heterocycles. The summed E-state index contributed by atoms with van der Waals surface area (Å²) in [5.74, 6) is -0.0352. The second-order valence-corrected chi connectivity index (χ2v) is 4.05. The summed E-state index contributed by atoms with van der Waals surface area (Å²) in [7, 11) is 0. The number of aromatic nitrogens is 3. The Morgan fingerprint density at radius 1 is 1.23 bits per heavy atom. The van der Waals surface area contributed by atoms with Gasteiger partial charge in [0.1, 0.15) is 5.69 Å². The Kier molecular flexibility index (Phi) is 7.57. The van der Waals surface area contributed by atoms with Crippen LogP contribution in [0.3, 0.4) is 0 Å². The molecule has 9 nitrogen and oxygen atoms in total. The smallest absolute Gasteiger partial charge is 0.266 e. The van der Waals surface area contributed by atoms with E-state index in [1.165, 1.54) is 6.92 Å². The minimum Gasteiger partial charge on any atom is -0.416 e. The highest BCUT2D eigenvalue weighted by Crippen LogP contribution is 2.23. The normalized spacial score (nSPS) is 13.4. The van der Waals surface area contributed by atoms with Gasteiger partial charge in [0.25, 0.3) is 11.8 Å². The van der Waals surface area contributed by atoms with Gasteiger partial charge in [0.15, 0.2) is 18.7 Å². The topological polar surface area (TPSA) is 142 Å². The highest BCUT2D eigenvalue weighted by molar-refractivity contribution is 5.44. The molecule has 0 spiro atoms. The van der Waals surface area contributed by atoms with E-state index in [-0.39, 0.29) is 18.4 Å². The van der Waals surface area contributed by atoms with Gasteiger partial charge < -0.3 is 29.6 Å². The Morgan fingerprint density at radius 2 is 1.91 bits per heavy atom. The van der Waals surface area contributed by atoms with E-state index in [1.807, 2.05) is 0 Å². The van der Waals surface area contributed by atoms with Crippen LogP contribution in [0, 0.1) is 0 Å². The Labute approximate surface area is 126 Å². The fraction of sp³-hybridized carbons (Fsp3) is 0.462. The predicted octanol–water partition coefficient (Wildman–Crippen LogP) is -0.163. The van der Waals surface area contributed by atoms with Gasteiger partial charge in [-0.1, -0.05) is 6.07 Å². The van der Waals surface area contributed by atoms with E-state index in [0.717, 1.165) is 0 Å². The fourth-order valence-corrected chi connectivity index (χ4v) is 1.41. The standard InChI is InChI=1S/C11H13N3O5.C2H6O/c1-6(15)18-8(11(16)17)10-14-13-9(19-10)7-4-2-3-5-12-7;1-2-3/h2-6,8,11,15-17H,1H3;3H,2H2,1H3. The highest BCUT2D eigenvalue weighted by Gasteiger charge is 2.28. The van der Waals surface area contributed by atoms with Crippen molar-refractivity contribution in [3.63, 3.8) is 0 Å². The summed E-state index contributed by atoms with van der Waals surface area (Å²) in [6, 6.07) is 5.14. The third-order valence-corrected chi connectivity index (χ3v) is 2.18. The fourth-order valence-electron chi connectivity index (χ4n) is 1.41. The second-order valence-electron chi connectivity index (χ2n) is 4.05. The van der Waals surface area contributed by atoms with Crippen LogP contribution in [0.5, 0.6) is 0 Å². The van der Waals surface area contributed by atoms with Crippen LogP contribution in [0.15, 0.2) is 28.8 Å². The zero-order chi connectivity index (χ0) is 16.5. The summed E-state index contributed by atoms with van der Waals surface area (Å²) in [5, 5.41) is 42.4. The van der Waals surface area contributed by atoms with Gasteiger partial charge in [-0.05, 0) is 26.0 Å². The lowest BCUT2D eigenvalue weighted by Gasteiger charge is -2.17. The summed E-state index contributed by atoms with van der Waals surface area (Å²) in [6.07, 6.45) is -2.88. The lowest BCUT2D eigenvalue weighted by molar-refractivity contribution is -0.215. The van der Waals surface area contributed by atoms with Gasteiger partial charge in [0.2, 0.25) is 0 Å². The molecule has 0 aliphatic rings. The van der Waals surface area contributed by atoms with Crippen LogP contribution >= 0.6 is 0 Å². The van der Waals surface area contributed by atoms with Crippen molar-refractivity contribution in [1.82, 2.24) is 15.2 Å². The first-order valence-corrected chi connectivity index (χ1v) is 6.54. The van der Waals surface area contributed by atoms with Crippen molar-refractivity contribution >= 4 is 0 Å². The highest BCUT2D eigenvalue weighted by atomic mass is 16.6. The molecular formula is C13H19N3O6. The number of hydrogen-bond acceptors (Lipinski definition) is 9. The summed E-state index contributed by atoms with van der Waals surface area (Å²) >= 11 is 0. The van der Waals surface area contributed by atoms with Crippen LogP contribution < -0.4 is 0 Å². The second kappa shape index (κ2) is 9.18. The summed E-state index contributed by atoms with van der Waals surface area (Å²) in [5.41, 5.74) is 0.449. The number of nitrogens with zero attached hydrogens (tertiary/aromatic N) is 3. The van der Waals surface area contributed by atoms with Crippen LogP contribution in [-0.2, 0) is 4.74 Å². The third-order valence-electron chi connectivity index (χ3n) is 2.18. The quantitative estimate of drug-likeness (QED) is 0.553. The van der Waals surface area contributed by atoms with Crippen LogP contribution in [0.4, 0.5) is 0 Å². The SMILES string of the molecule is CC(O)OC(c1nnc(-c2ccccn2)o1)C(O)O.CCO. The zero-order valence-electron chi connectivity index (χ0n) is 12.2. The van der Waals surface area contributed by atoms with Crippen molar-refractivity contribution in [1.29, 1.82) is 0 Å². The maximum absolute atomic E-state index is 9.17. The summed E-state index contributed by atoms with van der Waals surface area (Å²) in [6.45, 7) is 3.26. The van der Waals surface area contributed by atoms with E-state index in [1.54, 1.807) is 31.3 Å². The lowest BCUT2D eigenvalue weighted by atomic mass is 10.3. The van der Waals surface area contributed by atoms with E-state index < -0.39 is 18.7 Å². The van der Waals surface area contributed by atoms with Gasteiger partial charge in [0.05, 0.1) is 0 Å². The van der Waals surface area contributed by atoms with Gasteiger partial charge >= 0.3 is 0 Å². The van der Waals surface area contributed by atoms with Gasteiger partial charge in [-0.25, -0.2) is 0 Å². The van der Waals surface area contributed by atoms with Crippen LogP contribution in [0.1, 0.15) is 25.8 Å². The monoisotopic (exact) mass is 313 g/mol. The number of aliphatic hydroxyl groups excluding tert-OH is 3. The molecule has 2 rings (SSSR count). The van der Waals surface area contributed by atoms with Crippen LogP contribution in [-0.4, -0.2) is 54.8 Å². The zero-order valence-corrected chi connectivity index (χ0v) is 12.2. The average molecular weight is 313 g/mol. The number of aliphatic hydroxyl groups is 4. The maximum atomic E-state index is 9.17. The molecule has 0 aliphatic carbocycles. The molecule has 0 aromatic carbocycles. The molecule has 2 atom stereocenters. The molecule has 22 heavy (non-hydrogen) atoms. The lowest BCUT2D eigenvalue weighted by Crippen LogP contribution is -2.24. The van der Waals surface area contributed by atoms with Gasteiger partial charge in [-0.2, -0.15) is 0 Å². The molecule has 0 saturated heterocycles. The van der Waals surface area contributed by atoms with E-state index >= 15 is 0 Å². The average Bonchev–Trinajstić information content (AvgIpc) is 2.95. The molecular weight excluding hydrogens is 294 g/mol. The summed E-state index contributed by atoms with van der Waals surface area (Å²) < 4.78 is 10.1. The third kappa shape index (κ3) is 5.47. The molecule has 2 aromatic heterocycles. The predicted molar refractivity (Wildman–Crippen MR) is 74.0 cm³/mol. The molecule has 0 aliphatic heterocycles. The molecule has 4 N–H and O–H groups in total. The van der Waals surface area contributed by atoms with Gasteiger partial charge in [0, 0.05) is 12.8 Å². The van der Waals surface area contributed by atoms with Crippen molar-refractivity contribution in [3.05, 3.63) is 30.3 Å². The minimum atomic E-state index is -1.90. The molecule has 9 heteroatoms. The minimum absolute atomic E-state index is 0.121. The Balaban J connectivity index is 0.000000745. The number of pyridine rings is 1. The van der Waals surface area contributed by atoms with Crippen molar-refractivity contribution in [2.75, 3.05) is 6.61 Å². The van der Waals surface area contributed by atoms with E-state index in [2.05, 4.69) is 15.2 Å². The molecule has 2 unspecified atom stereocenters. The largest absolute Gasteiger partial charge is 0.416 e. The first-order chi connectivity index (χ1) is 10.5. The van der Waals surface area contributed by atoms with Gasteiger partial charge in [-0.3, -0.25) is 4.98 Å². The Morgan fingerprint density at radius 3 is 2.41 bits per heavy atom. The Hall–Kier alpha value is -1.91. The number of ether oxygens (including phenoxy) is 1. The molecule has 0 fully saturated rings. The molecule has 0 amide bonds.